The lowest BCUT2D eigenvalue weighted by atomic mass is 10.1. The van der Waals surface area contributed by atoms with Gasteiger partial charge in [-0.15, -0.1) is 0 Å². The summed E-state index contributed by atoms with van der Waals surface area (Å²) in [4.78, 5) is 11.7. The van der Waals surface area contributed by atoms with Crippen molar-refractivity contribution >= 4 is 33.0 Å². The van der Waals surface area contributed by atoms with Crippen LogP contribution in [-0.4, -0.2) is 32.6 Å². The van der Waals surface area contributed by atoms with E-state index in [1.807, 2.05) is 0 Å². The molecule has 0 atom stereocenters. The van der Waals surface area contributed by atoms with E-state index >= 15 is 0 Å². The molecule has 2 aromatic carbocycles. The number of nitrogens with zero attached hydrogens (tertiary/aromatic N) is 1. The van der Waals surface area contributed by atoms with Crippen LogP contribution in [0.5, 0.6) is 5.75 Å². The molecule has 0 fully saturated rings. The predicted octanol–water partition coefficient (Wildman–Crippen LogP) is 3.38. The van der Waals surface area contributed by atoms with Crippen molar-refractivity contribution in [3.8, 4) is 5.75 Å². The Morgan fingerprint density at radius 1 is 1.07 bits per heavy atom. The first-order valence-electron chi connectivity index (χ1n) is 8.16. The second-order valence-electron chi connectivity index (χ2n) is 5.82. The monoisotopic (exact) mass is 385 g/mol. The van der Waals surface area contributed by atoms with Crippen LogP contribution in [0.3, 0.4) is 0 Å². The van der Waals surface area contributed by atoms with Crippen molar-refractivity contribution in [3.05, 3.63) is 65.9 Å². The third-order valence-corrected chi connectivity index (χ3v) is 6.09. The normalized spacial score (nSPS) is 11.8. The van der Waals surface area contributed by atoms with Crippen LogP contribution in [0.1, 0.15) is 11.3 Å². The third kappa shape index (κ3) is 3.33. The predicted molar refractivity (Wildman–Crippen MR) is 103 cm³/mol. The Labute approximate surface area is 157 Å². The number of methoxy groups -OCH3 is 2. The molecule has 0 radical (unpaired) electrons. The molecule has 0 aliphatic carbocycles. The molecule has 3 rings (SSSR count). The number of carbonyl (C=O) groups excluding carboxylic acids is 1. The fraction of sp³-hybridized carbons (Fsp3) is 0.150. The summed E-state index contributed by atoms with van der Waals surface area (Å²) in [7, 11) is -0.993. The van der Waals surface area contributed by atoms with E-state index in [0.29, 0.717) is 27.9 Å². The lowest BCUT2D eigenvalue weighted by Crippen LogP contribution is -2.14. The first-order chi connectivity index (χ1) is 12.9. The average Bonchev–Trinajstić information content (AvgIpc) is 2.97. The minimum absolute atomic E-state index is 0.185. The van der Waals surface area contributed by atoms with Crippen molar-refractivity contribution in [2.45, 2.75) is 11.8 Å². The summed E-state index contributed by atoms with van der Waals surface area (Å²) in [6.45, 7) is 1.70. The molecule has 7 heteroatoms. The Kier molecular flexibility index (Phi) is 5.05. The van der Waals surface area contributed by atoms with Crippen molar-refractivity contribution in [2.75, 3.05) is 14.2 Å². The van der Waals surface area contributed by atoms with E-state index in [9.17, 15) is 13.2 Å². The molecule has 1 heterocycles. The smallest absolute Gasteiger partial charge is 0.330 e. The number of hydrogen-bond donors (Lipinski definition) is 0. The van der Waals surface area contributed by atoms with Gasteiger partial charge in [0.1, 0.15) is 5.75 Å². The van der Waals surface area contributed by atoms with Gasteiger partial charge >= 0.3 is 5.97 Å². The zero-order valence-electron chi connectivity index (χ0n) is 15.2. The maximum absolute atomic E-state index is 13.2. The molecular weight excluding hydrogens is 366 g/mol. The largest absolute Gasteiger partial charge is 0.497 e. The van der Waals surface area contributed by atoms with Gasteiger partial charge in [-0.1, -0.05) is 18.2 Å². The summed E-state index contributed by atoms with van der Waals surface area (Å²) < 4.78 is 37.7. The first kappa shape index (κ1) is 18.7. The van der Waals surface area contributed by atoms with Crippen LogP contribution in [0, 0.1) is 6.92 Å². The molecule has 0 saturated heterocycles. The standard InChI is InChI=1S/C20H19NO5S/c1-14-17(10-12-20(22)26-3)18-13-15(25-2)9-11-19(18)21(14)27(23,24)16-7-5-4-6-8-16/h4-13H,1-3H3/b12-10+. The molecule has 0 amide bonds. The fourth-order valence-corrected chi connectivity index (χ4v) is 4.55. The molecule has 0 N–H and O–H groups in total. The van der Waals surface area contributed by atoms with Crippen molar-refractivity contribution < 1.29 is 22.7 Å². The Morgan fingerprint density at radius 2 is 1.78 bits per heavy atom. The Morgan fingerprint density at radius 3 is 2.41 bits per heavy atom. The molecule has 1 aromatic heterocycles. The molecule has 0 saturated carbocycles. The Balaban J connectivity index is 2.32. The highest BCUT2D eigenvalue weighted by molar-refractivity contribution is 7.90. The van der Waals surface area contributed by atoms with Crippen LogP contribution in [-0.2, 0) is 19.6 Å². The van der Waals surface area contributed by atoms with Gasteiger partial charge in [-0.25, -0.2) is 17.2 Å². The van der Waals surface area contributed by atoms with Crippen LogP contribution < -0.4 is 4.74 Å². The van der Waals surface area contributed by atoms with Gasteiger partial charge < -0.3 is 9.47 Å². The highest BCUT2D eigenvalue weighted by atomic mass is 32.2. The molecule has 0 aliphatic rings. The molecule has 6 nitrogen and oxygen atoms in total. The minimum atomic E-state index is -3.81. The SMILES string of the molecule is COC(=O)/C=C/c1c(C)n(S(=O)(=O)c2ccccc2)c2ccc(OC)cc12. The molecule has 27 heavy (non-hydrogen) atoms. The summed E-state index contributed by atoms with van der Waals surface area (Å²) >= 11 is 0. The number of benzene rings is 2. The molecule has 3 aromatic rings. The van der Waals surface area contributed by atoms with E-state index in [1.54, 1.807) is 61.5 Å². The first-order valence-corrected chi connectivity index (χ1v) is 9.60. The van der Waals surface area contributed by atoms with Gasteiger partial charge in [0, 0.05) is 22.7 Å². The number of rotatable bonds is 5. The van der Waals surface area contributed by atoms with Gasteiger partial charge in [-0.2, -0.15) is 0 Å². The zero-order valence-corrected chi connectivity index (χ0v) is 16.0. The number of aromatic nitrogens is 1. The Hall–Kier alpha value is -3.06. The second-order valence-corrected chi connectivity index (χ2v) is 7.61. The van der Waals surface area contributed by atoms with E-state index < -0.39 is 16.0 Å². The van der Waals surface area contributed by atoms with Crippen molar-refractivity contribution in [2.24, 2.45) is 0 Å². The number of fused-ring (bicyclic) bond motifs is 1. The zero-order chi connectivity index (χ0) is 19.6. The number of ether oxygens (including phenoxy) is 2. The van der Waals surface area contributed by atoms with Gasteiger partial charge in [0.15, 0.2) is 0 Å². The number of carbonyl (C=O) groups is 1. The van der Waals surface area contributed by atoms with E-state index in [1.165, 1.54) is 24.3 Å². The lowest BCUT2D eigenvalue weighted by Gasteiger charge is -2.10. The molecule has 140 valence electrons. The molecular formula is C20H19NO5S. The Bertz CT molecular complexity index is 1130. The fourth-order valence-electron chi connectivity index (χ4n) is 2.96. The van der Waals surface area contributed by atoms with E-state index in [0.717, 1.165) is 0 Å². The summed E-state index contributed by atoms with van der Waals surface area (Å²) in [5.41, 5.74) is 1.60. The molecule has 0 aliphatic heterocycles. The number of esters is 1. The van der Waals surface area contributed by atoms with E-state index in [4.69, 9.17) is 4.74 Å². The maximum atomic E-state index is 13.2. The number of hydrogen-bond acceptors (Lipinski definition) is 5. The van der Waals surface area contributed by atoms with Crippen LogP contribution >= 0.6 is 0 Å². The molecule has 0 unspecified atom stereocenters. The van der Waals surface area contributed by atoms with Gasteiger partial charge in [0.2, 0.25) is 0 Å². The van der Waals surface area contributed by atoms with E-state index in [-0.39, 0.29) is 4.90 Å². The molecule has 0 spiro atoms. The van der Waals surface area contributed by atoms with Gasteiger partial charge in [0.25, 0.3) is 10.0 Å². The highest BCUT2D eigenvalue weighted by Gasteiger charge is 2.24. The second kappa shape index (κ2) is 7.28. The highest BCUT2D eigenvalue weighted by Crippen LogP contribution is 2.33. The van der Waals surface area contributed by atoms with Gasteiger partial charge in [-0.05, 0) is 43.3 Å². The summed E-state index contributed by atoms with van der Waals surface area (Å²) in [5.74, 6) is 0.0635. The molecule has 0 bridgehead atoms. The summed E-state index contributed by atoms with van der Waals surface area (Å²) in [6.07, 6.45) is 2.82. The van der Waals surface area contributed by atoms with E-state index in [2.05, 4.69) is 4.74 Å². The van der Waals surface area contributed by atoms with Crippen molar-refractivity contribution in [1.29, 1.82) is 0 Å². The minimum Gasteiger partial charge on any atom is -0.497 e. The average molecular weight is 385 g/mol. The third-order valence-electron chi connectivity index (χ3n) is 4.28. The van der Waals surface area contributed by atoms with Crippen LogP contribution in [0.2, 0.25) is 0 Å². The van der Waals surface area contributed by atoms with Crippen molar-refractivity contribution in [3.63, 3.8) is 0 Å². The van der Waals surface area contributed by atoms with Crippen molar-refractivity contribution in [1.82, 2.24) is 3.97 Å². The summed E-state index contributed by atoms with van der Waals surface area (Å²) in [5, 5.41) is 0.659. The topological polar surface area (TPSA) is 74.6 Å². The van der Waals surface area contributed by atoms with Gasteiger partial charge in [0.05, 0.1) is 24.6 Å². The maximum Gasteiger partial charge on any atom is 0.330 e. The lowest BCUT2D eigenvalue weighted by molar-refractivity contribution is -0.134. The van der Waals surface area contributed by atoms with Crippen LogP contribution in [0.15, 0.2) is 59.5 Å². The van der Waals surface area contributed by atoms with Crippen LogP contribution in [0.25, 0.3) is 17.0 Å². The van der Waals surface area contributed by atoms with Gasteiger partial charge in [-0.3, -0.25) is 0 Å². The summed E-state index contributed by atoms with van der Waals surface area (Å²) in [6, 6.07) is 13.3. The quantitative estimate of drug-likeness (QED) is 0.497. The van der Waals surface area contributed by atoms with Crippen LogP contribution in [0.4, 0.5) is 0 Å².